The summed E-state index contributed by atoms with van der Waals surface area (Å²) in [7, 11) is 0. The first-order valence-electron chi connectivity index (χ1n) is 4.46. The van der Waals surface area contributed by atoms with Crippen LogP contribution in [0.1, 0.15) is 12.5 Å². The Morgan fingerprint density at radius 1 is 1.56 bits per heavy atom. The quantitative estimate of drug-likeness (QED) is 0.747. The van der Waals surface area contributed by atoms with E-state index in [1.807, 2.05) is 0 Å². The lowest BCUT2D eigenvalue weighted by Crippen LogP contribution is -2.13. The van der Waals surface area contributed by atoms with E-state index in [0.717, 1.165) is 6.07 Å². The first-order chi connectivity index (χ1) is 7.34. The van der Waals surface area contributed by atoms with E-state index in [1.165, 1.54) is 6.92 Å². The molecule has 0 spiro atoms. The number of carboxylic acids is 1. The number of phenolic OH excluding ortho intramolecular Hbond substituents is 2. The molecule has 1 unspecified atom stereocenters. The van der Waals surface area contributed by atoms with Crippen molar-refractivity contribution in [2.24, 2.45) is 5.92 Å². The van der Waals surface area contributed by atoms with Crippen molar-refractivity contribution >= 4 is 21.9 Å². The van der Waals surface area contributed by atoms with Crippen LogP contribution < -0.4 is 0 Å². The van der Waals surface area contributed by atoms with E-state index in [1.54, 1.807) is 0 Å². The van der Waals surface area contributed by atoms with Crippen LogP contribution in [0.2, 0.25) is 0 Å². The van der Waals surface area contributed by atoms with E-state index < -0.39 is 29.2 Å². The summed E-state index contributed by atoms with van der Waals surface area (Å²) in [4.78, 5) is 10.6. The maximum Gasteiger partial charge on any atom is 0.306 e. The van der Waals surface area contributed by atoms with E-state index in [2.05, 4.69) is 15.9 Å². The highest BCUT2D eigenvalue weighted by Crippen LogP contribution is 2.38. The minimum absolute atomic E-state index is 0.0156. The van der Waals surface area contributed by atoms with Gasteiger partial charge in [0.2, 0.25) is 0 Å². The molecule has 0 heterocycles. The molecule has 0 amide bonds. The number of halogens is 2. The van der Waals surface area contributed by atoms with Crippen LogP contribution in [0, 0.1) is 11.7 Å². The topological polar surface area (TPSA) is 77.8 Å². The standard InChI is InChI=1S/C10H10BrFO4/c1-4(10(15)16)2-5-6(12)3-7(13)9(14)8(5)11/h3-4,13-14H,2H2,1H3,(H,15,16). The van der Waals surface area contributed by atoms with Gasteiger partial charge in [-0.15, -0.1) is 0 Å². The fraction of sp³-hybridized carbons (Fsp3) is 0.300. The van der Waals surface area contributed by atoms with Crippen LogP contribution in [-0.2, 0) is 11.2 Å². The Hall–Kier alpha value is -1.30. The number of hydrogen-bond acceptors (Lipinski definition) is 3. The lowest BCUT2D eigenvalue weighted by Gasteiger charge is -2.11. The molecule has 0 aliphatic heterocycles. The largest absolute Gasteiger partial charge is 0.504 e. The van der Waals surface area contributed by atoms with Crippen molar-refractivity contribution in [3.63, 3.8) is 0 Å². The van der Waals surface area contributed by atoms with E-state index >= 15 is 0 Å². The number of carboxylic acid groups (broad SMARTS) is 1. The van der Waals surface area contributed by atoms with Gasteiger partial charge < -0.3 is 15.3 Å². The van der Waals surface area contributed by atoms with Gasteiger partial charge in [0.25, 0.3) is 0 Å². The fourth-order valence-corrected chi connectivity index (χ4v) is 1.77. The molecule has 0 radical (unpaired) electrons. The highest BCUT2D eigenvalue weighted by Gasteiger charge is 2.20. The number of aliphatic carboxylic acids is 1. The van der Waals surface area contributed by atoms with Crippen molar-refractivity contribution in [3.05, 3.63) is 21.9 Å². The normalized spacial score (nSPS) is 12.4. The van der Waals surface area contributed by atoms with Gasteiger partial charge in [0, 0.05) is 11.6 Å². The minimum atomic E-state index is -1.06. The van der Waals surface area contributed by atoms with Crippen molar-refractivity contribution in [2.75, 3.05) is 0 Å². The molecule has 88 valence electrons. The molecule has 0 bridgehead atoms. The second kappa shape index (κ2) is 4.69. The molecule has 1 aromatic rings. The lowest BCUT2D eigenvalue weighted by molar-refractivity contribution is -0.141. The van der Waals surface area contributed by atoms with Gasteiger partial charge in [-0.3, -0.25) is 4.79 Å². The van der Waals surface area contributed by atoms with Crippen molar-refractivity contribution in [2.45, 2.75) is 13.3 Å². The van der Waals surface area contributed by atoms with Crippen LogP contribution in [-0.4, -0.2) is 21.3 Å². The predicted octanol–water partition coefficient (Wildman–Crippen LogP) is 2.26. The van der Waals surface area contributed by atoms with E-state index in [-0.39, 0.29) is 16.5 Å². The van der Waals surface area contributed by atoms with Crippen LogP contribution in [0.4, 0.5) is 4.39 Å². The number of benzene rings is 1. The molecule has 0 aromatic heterocycles. The van der Waals surface area contributed by atoms with Crippen molar-refractivity contribution < 1.29 is 24.5 Å². The molecule has 0 saturated carbocycles. The summed E-state index contributed by atoms with van der Waals surface area (Å²) in [5, 5.41) is 27.2. The number of aromatic hydroxyl groups is 2. The van der Waals surface area contributed by atoms with Gasteiger partial charge in [-0.25, -0.2) is 4.39 Å². The van der Waals surface area contributed by atoms with Gasteiger partial charge in [-0.2, -0.15) is 0 Å². The highest BCUT2D eigenvalue weighted by atomic mass is 79.9. The Morgan fingerprint density at radius 3 is 2.62 bits per heavy atom. The Bertz CT molecular complexity index is 433. The first kappa shape index (κ1) is 12.8. The molecular weight excluding hydrogens is 283 g/mol. The third-order valence-corrected chi connectivity index (χ3v) is 3.05. The number of phenols is 2. The summed E-state index contributed by atoms with van der Waals surface area (Å²) in [6.45, 7) is 1.43. The third kappa shape index (κ3) is 2.44. The summed E-state index contributed by atoms with van der Waals surface area (Å²) >= 11 is 2.92. The average Bonchev–Trinajstić information content (AvgIpc) is 2.20. The van der Waals surface area contributed by atoms with E-state index in [4.69, 9.17) is 10.2 Å². The average molecular weight is 293 g/mol. The SMILES string of the molecule is CC(Cc1c(F)cc(O)c(O)c1Br)C(=O)O. The number of hydrogen-bond donors (Lipinski definition) is 3. The smallest absolute Gasteiger partial charge is 0.306 e. The lowest BCUT2D eigenvalue weighted by atomic mass is 10.0. The van der Waals surface area contributed by atoms with Crippen LogP contribution in [0.5, 0.6) is 11.5 Å². The number of carbonyl (C=O) groups is 1. The van der Waals surface area contributed by atoms with Gasteiger partial charge in [0.05, 0.1) is 10.4 Å². The zero-order chi connectivity index (χ0) is 12.5. The molecule has 0 fully saturated rings. The molecular formula is C10H10BrFO4. The monoisotopic (exact) mass is 292 g/mol. The van der Waals surface area contributed by atoms with Crippen LogP contribution in [0.25, 0.3) is 0 Å². The summed E-state index contributed by atoms with van der Waals surface area (Å²) in [5.74, 6) is -3.67. The number of rotatable bonds is 3. The maximum atomic E-state index is 13.4. The molecule has 0 saturated heterocycles. The van der Waals surface area contributed by atoms with Gasteiger partial charge in [-0.1, -0.05) is 6.92 Å². The second-order valence-corrected chi connectivity index (χ2v) is 4.26. The summed E-state index contributed by atoms with van der Waals surface area (Å²) in [5.41, 5.74) is 0.0326. The summed E-state index contributed by atoms with van der Waals surface area (Å²) in [6, 6.07) is 0.754. The minimum Gasteiger partial charge on any atom is -0.504 e. The summed E-state index contributed by atoms with van der Waals surface area (Å²) in [6.07, 6.45) is -0.0738. The highest BCUT2D eigenvalue weighted by molar-refractivity contribution is 9.10. The van der Waals surface area contributed by atoms with Crippen LogP contribution >= 0.6 is 15.9 Å². The van der Waals surface area contributed by atoms with Gasteiger partial charge in [0.15, 0.2) is 11.5 Å². The van der Waals surface area contributed by atoms with Crippen LogP contribution in [0.15, 0.2) is 10.5 Å². The molecule has 1 atom stereocenters. The third-order valence-electron chi connectivity index (χ3n) is 2.20. The molecule has 3 N–H and O–H groups in total. The van der Waals surface area contributed by atoms with Crippen molar-refractivity contribution in [3.8, 4) is 11.5 Å². The van der Waals surface area contributed by atoms with Crippen LogP contribution in [0.3, 0.4) is 0 Å². The summed E-state index contributed by atoms with van der Waals surface area (Å²) < 4.78 is 13.4. The molecule has 1 rings (SSSR count). The zero-order valence-electron chi connectivity index (χ0n) is 8.37. The Balaban J connectivity index is 3.14. The molecule has 16 heavy (non-hydrogen) atoms. The van der Waals surface area contributed by atoms with Gasteiger partial charge in [-0.05, 0) is 22.4 Å². The second-order valence-electron chi connectivity index (χ2n) is 3.46. The maximum absolute atomic E-state index is 13.4. The predicted molar refractivity (Wildman–Crippen MR) is 57.9 cm³/mol. The zero-order valence-corrected chi connectivity index (χ0v) is 9.95. The molecule has 0 aliphatic carbocycles. The Morgan fingerprint density at radius 2 is 2.12 bits per heavy atom. The van der Waals surface area contributed by atoms with Crippen molar-refractivity contribution in [1.82, 2.24) is 0 Å². The first-order valence-corrected chi connectivity index (χ1v) is 5.25. The fourth-order valence-electron chi connectivity index (χ4n) is 1.22. The van der Waals surface area contributed by atoms with Crippen molar-refractivity contribution in [1.29, 1.82) is 0 Å². The Labute approximate surface area is 99.5 Å². The van der Waals surface area contributed by atoms with Gasteiger partial charge in [0.1, 0.15) is 5.82 Å². The van der Waals surface area contributed by atoms with Gasteiger partial charge >= 0.3 is 5.97 Å². The Kier molecular flexibility index (Phi) is 3.74. The molecule has 6 heteroatoms. The molecule has 0 aliphatic rings. The molecule has 1 aromatic carbocycles. The van der Waals surface area contributed by atoms with E-state index in [9.17, 15) is 14.3 Å². The molecule has 4 nitrogen and oxygen atoms in total. The van der Waals surface area contributed by atoms with E-state index in [0.29, 0.717) is 0 Å².